The van der Waals surface area contributed by atoms with Crippen LogP contribution in [0.3, 0.4) is 0 Å². The first-order chi connectivity index (χ1) is 26.8. The molecule has 2 saturated heterocycles. The van der Waals surface area contributed by atoms with Crippen molar-refractivity contribution in [3.05, 3.63) is 104 Å². The molecular weight excluding hydrogens is 863 g/mol. The van der Waals surface area contributed by atoms with Gasteiger partial charge in [0.05, 0.1) is 40.8 Å². The summed E-state index contributed by atoms with van der Waals surface area (Å²) in [5.74, 6) is -3.67. The number of phenolic OH excluding ortho intramolecular Hbond substituents is 1. The van der Waals surface area contributed by atoms with Crippen LogP contribution in [0.25, 0.3) is 26.7 Å². The second kappa shape index (κ2) is 13.4. The van der Waals surface area contributed by atoms with Gasteiger partial charge in [-0.05, 0) is 126 Å². The molecule has 6 unspecified atom stereocenters. The lowest BCUT2D eigenvalue weighted by Crippen LogP contribution is -2.49. The van der Waals surface area contributed by atoms with E-state index in [-0.39, 0.29) is 35.8 Å². The number of phenols is 1. The maximum absolute atomic E-state index is 15.1. The number of benzene rings is 3. The number of carbonyl (C=O) groups is 4. The molecule has 0 radical (unpaired) electrons. The Balaban J connectivity index is 1.13. The summed E-state index contributed by atoms with van der Waals surface area (Å²) < 4.78 is 8.97. The Morgan fingerprint density at radius 1 is 0.982 bits per heavy atom. The number of carbonyl (C=O) groups excluding carboxylic acids is 4. The Kier molecular flexibility index (Phi) is 8.82. The Bertz CT molecular complexity index is 2600. The highest BCUT2D eigenvalue weighted by Gasteiger charge is 2.67. The van der Waals surface area contributed by atoms with E-state index in [0.717, 1.165) is 35.2 Å². The standard InChI is InChI=1S/C43H36ClIN4O6S/c1-21-28-18-23(44)7-16-35(28)56-38(21)32-20-36(47(3)46-32)49-40(52)31-19-29-26(12-13-27-37(29)41(53)48(39(27)51)25-10-8-24(45)9-11-25)30(43(31,2)42(49)54)14-5-22-6-15-33(50)34(17-22)55-4/h5-12,14-18,20,27,29-31,37,50H,13,19H2,1-4H3. The first-order valence-electron chi connectivity index (χ1n) is 18.3. The Hall–Kier alpha value is -4.79. The minimum Gasteiger partial charge on any atom is -0.504 e. The van der Waals surface area contributed by atoms with Gasteiger partial charge in [0.15, 0.2) is 11.5 Å². The first kappa shape index (κ1) is 36.8. The highest BCUT2D eigenvalue weighted by molar-refractivity contribution is 14.1. The molecule has 6 atom stereocenters. The summed E-state index contributed by atoms with van der Waals surface area (Å²) in [5.41, 5.74) is 2.55. The van der Waals surface area contributed by atoms with Crippen molar-refractivity contribution in [2.45, 2.75) is 26.7 Å². The maximum atomic E-state index is 15.1. The zero-order valence-electron chi connectivity index (χ0n) is 30.8. The van der Waals surface area contributed by atoms with Crippen LogP contribution in [0.15, 0.2) is 84.5 Å². The molecule has 0 spiro atoms. The number of allylic oxidation sites excluding steroid dienone is 3. The fourth-order valence-corrected chi connectivity index (χ4v) is 11.2. The Morgan fingerprint density at radius 2 is 1.75 bits per heavy atom. The summed E-state index contributed by atoms with van der Waals surface area (Å²) in [6.07, 6.45) is 6.41. The van der Waals surface area contributed by atoms with Crippen LogP contribution in [-0.2, 0) is 26.2 Å². The van der Waals surface area contributed by atoms with Gasteiger partial charge in [0.2, 0.25) is 23.6 Å². The van der Waals surface area contributed by atoms with Crippen LogP contribution in [0.1, 0.15) is 30.9 Å². The summed E-state index contributed by atoms with van der Waals surface area (Å²) in [5, 5.41) is 16.7. The van der Waals surface area contributed by atoms with E-state index >= 15 is 4.79 Å². The number of rotatable bonds is 6. The third-order valence-corrected chi connectivity index (χ3v) is 14.6. The number of anilines is 2. The van der Waals surface area contributed by atoms with Gasteiger partial charge in [-0.2, -0.15) is 5.10 Å². The molecule has 10 nitrogen and oxygen atoms in total. The summed E-state index contributed by atoms with van der Waals surface area (Å²) in [6, 6.07) is 19.8. The molecule has 4 aliphatic rings. The van der Waals surface area contributed by atoms with Crippen molar-refractivity contribution in [2.24, 2.45) is 42.1 Å². The summed E-state index contributed by atoms with van der Waals surface area (Å²) >= 11 is 10.1. The second-order valence-corrected chi connectivity index (χ2v) is 17.9. The van der Waals surface area contributed by atoms with E-state index in [0.29, 0.717) is 34.4 Å². The number of aryl methyl sites for hydroxylation is 2. The molecule has 0 bridgehead atoms. The number of ether oxygens (including phenoxy) is 1. The molecule has 56 heavy (non-hydrogen) atoms. The van der Waals surface area contributed by atoms with Crippen LogP contribution in [-0.4, -0.2) is 45.6 Å². The highest BCUT2D eigenvalue weighted by Crippen LogP contribution is 2.61. The number of amides is 4. The molecule has 5 aromatic rings. The van der Waals surface area contributed by atoms with Crippen LogP contribution in [0, 0.1) is 45.5 Å². The van der Waals surface area contributed by atoms with Gasteiger partial charge in [-0.3, -0.25) is 28.8 Å². The molecule has 2 aromatic heterocycles. The molecule has 2 aliphatic heterocycles. The zero-order chi connectivity index (χ0) is 39.4. The fraction of sp³-hybridized carbons (Fsp3) is 0.279. The van der Waals surface area contributed by atoms with E-state index in [1.54, 1.807) is 53.4 Å². The second-order valence-electron chi connectivity index (χ2n) is 15.2. The van der Waals surface area contributed by atoms with Crippen LogP contribution in [0.5, 0.6) is 11.5 Å². The normalized spacial score (nSPS) is 26.0. The van der Waals surface area contributed by atoms with Crippen molar-refractivity contribution in [1.29, 1.82) is 0 Å². The molecule has 1 N–H and O–H groups in total. The van der Waals surface area contributed by atoms with Gasteiger partial charge in [0, 0.05) is 32.3 Å². The Labute approximate surface area is 345 Å². The molecular formula is C43H36ClIN4O6S. The average molecular weight is 899 g/mol. The zero-order valence-corrected chi connectivity index (χ0v) is 34.6. The lowest BCUT2D eigenvalue weighted by Gasteiger charge is -2.47. The van der Waals surface area contributed by atoms with Crippen molar-refractivity contribution >= 4 is 96.8 Å². The van der Waals surface area contributed by atoms with Gasteiger partial charge in [-0.15, -0.1) is 11.3 Å². The molecule has 4 amide bonds. The van der Waals surface area contributed by atoms with E-state index in [4.69, 9.17) is 21.4 Å². The first-order valence-corrected chi connectivity index (χ1v) is 20.6. The van der Waals surface area contributed by atoms with Gasteiger partial charge in [-0.1, -0.05) is 41.5 Å². The van der Waals surface area contributed by atoms with Gasteiger partial charge < -0.3 is 9.84 Å². The number of hydrogen-bond acceptors (Lipinski definition) is 8. The van der Waals surface area contributed by atoms with Gasteiger partial charge in [0.25, 0.3) is 0 Å². The van der Waals surface area contributed by atoms with Crippen molar-refractivity contribution in [2.75, 3.05) is 16.9 Å². The van der Waals surface area contributed by atoms with Crippen LogP contribution >= 0.6 is 45.5 Å². The van der Waals surface area contributed by atoms with E-state index < -0.39 is 35.0 Å². The van der Waals surface area contributed by atoms with Crippen molar-refractivity contribution in [3.8, 4) is 22.1 Å². The summed E-state index contributed by atoms with van der Waals surface area (Å²) in [7, 11) is 3.20. The van der Waals surface area contributed by atoms with Crippen LogP contribution in [0.4, 0.5) is 11.5 Å². The number of nitrogens with zero attached hydrogens (tertiary/aromatic N) is 4. The highest BCUT2D eigenvalue weighted by atomic mass is 127. The SMILES string of the molecule is COc1cc(C=CC2C3=CCC4C(=O)N(c5ccc(I)cc5)C(=O)C4C3CC3C(=O)N(c4cc(-c5sc6ccc(Cl)cc6c5C)nn4C)C(=O)C23C)ccc1O. The topological polar surface area (TPSA) is 122 Å². The minimum atomic E-state index is -1.22. The number of aromatic hydroxyl groups is 1. The largest absolute Gasteiger partial charge is 0.504 e. The predicted octanol–water partition coefficient (Wildman–Crippen LogP) is 8.56. The van der Waals surface area contributed by atoms with Gasteiger partial charge in [0.1, 0.15) is 11.5 Å². The molecule has 13 heteroatoms. The molecule has 2 aliphatic carbocycles. The van der Waals surface area contributed by atoms with Crippen molar-refractivity contribution < 1.29 is 29.0 Å². The van der Waals surface area contributed by atoms with E-state index in [1.807, 2.05) is 62.4 Å². The molecule has 3 aromatic carbocycles. The molecule has 284 valence electrons. The Morgan fingerprint density at radius 3 is 2.50 bits per heavy atom. The van der Waals surface area contributed by atoms with E-state index in [9.17, 15) is 19.5 Å². The quantitative estimate of drug-likeness (QED) is 0.103. The number of thiophene rings is 1. The van der Waals surface area contributed by atoms with E-state index in [2.05, 4.69) is 22.6 Å². The number of imide groups is 2. The van der Waals surface area contributed by atoms with E-state index in [1.165, 1.54) is 23.0 Å². The molecule has 1 saturated carbocycles. The minimum absolute atomic E-state index is 0.00470. The van der Waals surface area contributed by atoms with Gasteiger partial charge in [-0.25, -0.2) is 4.90 Å². The van der Waals surface area contributed by atoms with Crippen molar-refractivity contribution in [3.63, 3.8) is 0 Å². The smallest absolute Gasteiger partial charge is 0.242 e. The monoisotopic (exact) mass is 898 g/mol. The number of aromatic nitrogens is 2. The van der Waals surface area contributed by atoms with Crippen molar-refractivity contribution in [1.82, 2.24) is 9.78 Å². The number of fused-ring (bicyclic) bond motifs is 5. The predicted molar refractivity (Wildman–Crippen MR) is 224 cm³/mol. The third kappa shape index (κ3) is 5.42. The third-order valence-electron chi connectivity index (χ3n) is 12.3. The van der Waals surface area contributed by atoms with Gasteiger partial charge >= 0.3 is 0 Å². The molecule has 4 heterocycles. The number of halogens is 2. The van der Waals surface area contributed by atoms with Crippen LogP contribution < -0.4 is 14.5 Å². The summed E-state index contributed by atoms with van der Waals surface area (Å²) in [4.78, 5) is 61.8. The lowest BCUT2D eigenvalue weighted by molar-refractivity contribution is -0.132. The maximum Gasteiger partial charge on any atom is 0.242 e. The lowest BCUT2D eigenvalue weighted by atomic mass is 9.52. The van der Waals surface area contributed by atoms with Crippen LogP contribution in [0.2, 0.25) is 5.02 Å². The molecule has 3 fully saturated rings. The number of methoxy groups -OCH3 is 1. The average Bonchev–Trinajstić information content (AvgIpc) is 3.85. The molecule has 9 rings (SSSR count). The summed E-state index contributed by atoms with van der Waals surface area (Å²) in [6.45, 7) is 3.86. The number of hydrogen-bond donors (Lipinski definition) is 1. The fourth-order valence-electron chi connectivity index (χ4n) is 9.50.